The molecule has 0 saturated carbocycles. The first-order chi connectivity index (χ1) is 11.7. The van der Waals surface area contributed by atoms with Gasteiger partial charge in [0.2, 0.25) is 5.78 Å². The molecule has 4 rings (SSSR count). The van der Waals surface area contributed by atoms with Crippen molar-refractivity contribution in [1.29, 1.82) is 0 Å². The van der Waals surface area contributed by atoms with E-state index in [4.69, 9.17) is 4.74 Å². The molecule has 0 atom stereocenters. The van der Waals surface area contributed by atoms with Gasteiger partial charge >= 0.3 is 0 Å². The number of ketones is 1. The van der Waals surface area contributed by atoms with Crippen molar-refractivity contribution < 1.29 is 14.6 Å². The van der Waals surface area contributed by atoms with Crippen LogP contribution in [0.4, 0.5) is 0 Å². The summed E-state index contributed by atoms with van der Waals surface area (Å²) in [6.45, 7) is 2.62. The van der Waals surface area contributed by atoms with Crippen molar-refractivity contribution in [3.63, 3.8) is 0 Å². The maximum atomic E-state index is 12.6. The van der Waals surface area contributed by atoms with Crippen LogP contribution in [-0.2, 0) is 6.54 Å². The summed E-state index contributed by atoms with van der Waals surface area (Å²) >= 11 is 0. The van der Waals surface area contributed by atoms with E-state index in [1.807, 2.05) is 12.1 Å². The number of Topliss-reactive ketones (excluding diaryl/α,β-unsaturated/α-hetero) is 1. The van der Waals surface area contributed by atoms with Gasteiger partial charge in [-0.25, -0.2) is 0 Å². The Labute approximate surface area is 140 Å². The van der Waals surface area contributed by atoms with Gasteiger partial charge in [-0.15, -0.1) is 0 Å². The van der Waals surface area contributed by atoms with Crippen LogP contribution in [-0.4, -0.2) is 33.9 Å². The Morgan fingerprint density at radius 2 is 1.92 bits per heavy atom. The van der Waals surface area contributed by atoms with Crippen LogP contribution in [0.3, 0.4) is 0 Å². The number of allylic oxidation sites excluding steroid dienone is 1. The minimum absolute atomic E-state index is 0.149. The molecule has 0 bridgehead atoms. The molecule has 2 aliphatic heterocycles. The molecule has 1 aromatic carbocycles. The van der Waals surface area contributed by atoms with Crippen molar-refractivity contribution in [2.75, 3.05) is 13.1 Å². The predicted octanol–water partition coefficient (Wildman–Crippen LogP) is 3.00. The maximum absolute atomic E-state index is 12.6. The molecule has 24 heavy (non-hydrogen) atoms. The highest BCUT2D eigenvalue weighted by Gasteiger charge is 2.31. The average molecular weight is 322 g/mol. The largest absolute Gasteiger partial charge is 0.507 e. The lowest BCUT2D eigenvalue weighted by molar-refractivity contribution is 0.101. The zero-order valence-electron chi connectivity index (χ0n) is 13.2. The third kappa shape index (κ3) is 2.67. The molecule has 0 unspecified atom stereocenters. The number of benzene rings is 1. The Morgan fingerprint density at radius 1 is 1.17 bits per heavy atom. The molecular weight excluding hydrogens is 304 g/mol. The van der Waals surface area contributed by atoms with Crippen LogP contribution in [0.15, 0.2) is 42.4 Å². The Morgan fingerprint density at radius 3 is 2.67 bits per heavy atom. The third-order valence-electron chi connectivity index (χ3n) is 4.50. The number of carbonyl (C=O) groups is 1. The van der Waals surface area contributed by atoms with Crippen molar-refractivity contribution in [2.24, 2.45) is 0 Å². The van der Waals surface area contributed by atoms with Crippen LogP contribution < -0.4 is 4.74 Å². The molecule has 5 heteroatoms. The fraction of sp³-hybridized carbons (Fsp3) is 0.263. The summed E-state index contributed by atoms with van der Waals surface area (Å²) < 4.78 is 5.85. The number of pyridine rings is 1. The van der Waals surface area contributed by atoms with Gasteiger partial charge in [0.05, 0.1) is 11.1 Å². The van der Waals surface area contributed by atoms with E-state index in [0.29, 0.717) is 23.4 Å². The molecule has 122 valence electrons. The highest BCUT2D eigenvalue weighted by molar-refractivity contribution is 6.14. The average Bonchev–Trinajstić information content (AvgIpc) is 3.21. The van der Waals surface area contributed by atoms with E-state index in [1.54, 1.807) is 30.6 Å². The fourth-order valence-electron chi connectivity index (χ4n) is 3.23. The summed E-state index contributed by atoms with van der Waals surface area (Å²) in [4.78, 5) is 18.8. The summed E-state index contributed by atoms with van der Waals surface area (Å²) in [6.07, 6.45) is 7.39. The molecule has 0 radical (unpaired) electrons. The summed E-state index contributed by atoms with van der Waals surface area (Å²) in [6, 6.07) is 6.85. The quantitative estimate of drug-likeness (QED) is 0.880. The molecule has 1 fully saturated rings. The highest BCUT2D eigenvalue weighted by atomic mass is 16.5. The first-order valence-electron chi connectivity index (χ1n) is 8.14. The molecule has 0 aliphatic carbocycles. The molecule has 5 nitrogen and oxygen atoms in total. The minimum Gasteiger partial charge on any atom is -0.507 e. The molecule has 3 heterocycles. The number of phenolic OH excluding ortho intramolecular Hbond substituents is 1. The van der Waals surface area contributed by atoms with Crippen molar-refractivity contribution in [3.05, 3.63) is 59.1 Å². The second-order valence-electron chi connectivity index (χ2n) is 6.14. The van der Waals surface area contributed by atoms with Crippen LogP contribution in [0.5, 0.6) is 11.5 Å². The molecule has 0 spiro atoms. The number of aromatic hydroxyl groups is 1. The van der Waals surface area contributed by atoms with Gasteiger partial charge in [-0.2, -0.15) is 0 Å². The third-order valence-corrected chi connectivity index (χ3v) is 4.50. The summed E-state index contributed by atoms with van der Waals surface area (Å²) in [5.74, 6) is 0.805. The van der Waals surface area contributed by atoms with Gasteiger partial charge in [0.25, 0.3) is 0 Å². The highest BCUT2D eigenvalue weighted by Crippen LogP contribution is 2.40. The van der Waals surface area contributed by atoms with Gasteiger partial charge in [0.15, 0.2) is 5.76 Å². The zero-order valence-corrected chi connectivity index (χ0v) is 13.2. The summed E-state index contributed by atoms with van der Waals surface area (Å²) in [5.41, 5.74) is 2.06. The molecule has 2 aliphatic rings. The number of ether oxygens (including phenoxy) is 1. The molecule has 1 saturated heterocycles. The smallest absolute Gasteiger partial charge is 0.231 e. The summed E-state index contributed by atoms with van der Waals surface area (Å²) in [7, 11) is 0. The molecule has 1 N–H and O–H groups in total. The monoisotopic (exact) mass is 322 g/mol. The SMILES string of the molecule is O=C1C(=Cc2ccncc2)Oc2c1ccc(O)c2CN1CCCC1. The van der Waals surface area contributed by atoms with E-state index in [-0.39, 0.29) is 17.3 Å². The standard InChI is InChI=1S/C19H18N2O3/c22-16-4-3-14-18(23)17(11-13-5-7-20-8-6-13)24-19(14)15(16)12-21-9-1-2-10-21/h3-8,11,22H,1-2,9-10,12H2. The van der Waals surface area contributed by atoms with Gasteiger partial charge in [-0.05, 0) is 61.8 Å². The minimum atomic E-state index is -0.149. The van der Waals surface area contributed by atoms with E-state index in [9.17, 15) is 9.90 Å². The van der Waals surface area contributed by atoms with Crippen LogP contribution in [0.1, 0.15) is 34.3 Å². The van der Waals surface area contributed by atoms with Crippen LogP contribution in [0.25, 0.3) is 6.08 Å². The van der Waals surface area contributed by atoms with Crippen molar-refractivity contribution in [3.8, 4) is 11.5 Å². The topological polar surface area (TPSA) is 62.7 Å². The Kier molecular flexibility index (Phi) is 3.78. The molecule has 0 amide bonds. The second-order valence-corrected chi connectivity index (χ2v) is 6.14. The number of rotatable bonds is 3. The first-order valence-corrected chi connectivity index (χ1v) is 8.14. The van der Waals surface area contributed by atoms with Gasteiger partial charge < -0.3 is 9.84 Å². The van der Waals surface area contributed by atoms with Crippen LogP contribution >= 0.6 is 0 Å². The number of phenols is 1. The Balaban J connectivity index is 1.68. The fourth-order valence-corrected chi connectivity index (χ4v) is 3.23. The lowest BCUT2D eigenvalue weighted by Gasteiger charge is -2.17. The lowest BCUT2D eigenvalue weighted by atomic mass is 10.0. The van der Waals surface area contributed by atoms with Gasteiger partial charge in [0.1, 0.15) is 11.5 Å². The summed E-state index contributed by atoms with van der Waals surface area (Å²) in [5, 5.41) is 10.3. The maximum Gasteiger partial charge on any atom is 0.231 e. The number of aromatic nitrogens is 1. The molecular formula is C19H18N2O3. The van der Waals surface area contributed by atoms with Gasteiger partial charge in [0, 0.05) is 18.9 Å². The Hall–Kier alpha value is -2.66. The predicted molar refractivity (Wildman–Crippen MR) is 89.8 cm³/mol. The lowest BCUT2D eigenvalue weighted by Crippen LogP contribution is -2.18. The van der Waals surface area contributed by atoms with Crippen LogP contribution in [0, 0.1) is 0 Å². The number of nitrogens with zero attached hydrogens (tertiary/aromatic N) is 2. The molecule has 2 aromatic rings. The van der Waals surface area contributed by atoms with Gasteiger partial charge in [-0.3, -0.25) is 14.7 Å². The van der Waals surface area contributed by atoms with Gasteiger partial charge in [-0.1, -0.05) is 0 Å². The van der Waals surface area contributed by atoms with E-state index >= 15 is 0 Å². The van der Waals surface area contributed by atoms with E-state index in [1.165, 1.54) is 12.8 Å². The second kappa shape index (κ2) is 6.09. The van der Waals surface area contributed by atoms with E-state index in [2.05, 4.69) is 9.88 Å². The van der Waals surface area contributed by atoms with E-state index < -0.39 is 0 Å². The Bertz CT molecular complexity index is 809. The number of fused-ring (bicyclic) bond motifs is 1. The number of hydrogen-bond donors (Lipinski definition) is 1. The number of likely N-dealkylation sites (tertiary alicyclic amines) is 1. The number of carbonyl (C=O) groups excluding carboxylic acids is 1. The zero-order chi connectivity index (χ0) is 16.5. The van der Waals surface area contributed by atoms with Crippen molar-refractivity contribution >= 4 is 11.9 Å². The van der Waals surface area contributed by atoms with Crippen molar-refractivity contribution in [1.82, 2.24) is 9.88 Å². The molecule has 1 aromatic heterocycles. The van der Waals surface area contributed by atoms with E-state index in [0.717, 1.165) is 18.7 Å². The first kappa shape index (κ1) is 14.9. The normalized spacial score (nSPS) is 18.8. The number of hydrogen-bond acceptors (Lipinski definition) is 5. The van der Waals surface area contributed by atoms with Crippen LogP contribution in [0.2, 0.25) is 0 Å². The van der Waals surface area contributed by atoms with Crippen molar-refractivity contribution in [2.45, 2.75) is 19.4 Å².